The van der Waals surface area contributed by atoms with Gasteiger partial charge in [0.25, 0.3) is 0 Å². The van der Waals surface area contributed by atoms with Gasteiger partial charge in [-0.05, 0) is 18.2 Å². The number of hydrogen-bond donors (Lipinski definition) is 2. The van der Waals surface area contributed by atoms with Crippen LogP contribution in [0.5, 0.6) is 5.75 Å². The van der Waals surface area contributed by atoms with Gasteiger partial charge in [0.05, 0.1) is 12.7 Å². The molecule has 1 aromatic heterocycles. The lowest BCUT2D eigenvalue weighted by atomic mass is 10.2. The van der Waals surface area contributed by atoms with Crippen LogP contribution in [0.1, 0.15) is 0 Å². The first-order chi connectivity index (χ1) is 8.24. The van der Waals surface area contributed by atoms with Crippen molar-refractivity contribution in [3.05, 3.63) is 35.5 Å². The van der Waals surface area contributed by atoms with Crippen LogP contribution in [0.3, 0.4) is 0 Å². The van der Waals surface area contributed by atoms with E-state index in [4.69, 9.17) is 22.2 Å². The van der Waals surface area contributed by atoms with Crippen molar-refractivity contribution in [2.45, 2.75) is 0 Å². The van der Waals surface area contributed by atoms with E-state index >= 15 is 0 Å². The number of halogens is 1. The highest BCUT2D eigenvalue weighted by Gasteiger charge is 2.09. The fraction of sp³-hybridized carbons (Fsp3) is 0.0909. The van der Waals surface area contributed by atoms with Gasteiger partial charge in [-0.25, -0.2) is 15.8 Å². The van der Waals surface area contributed by atoms with Gasteiger partial charge in [-0.15, -0.1) is 0 Å². The van der Waals surface area contributed by atoms with Gasteiger partial charge in [0.2, 0.25) is 0 Å². The summed E-state index contributed by atoms with van der Waals surface area (Å²) in [6.07, 6.45) is 1.62. The van der Waals surface area contributed by atoms with Crippen molar-refractivity contribution in [3.8, 4) is 17.1 Å². The number of benzene rings is 1. The minimum absolute atomic E-state index is 0.522. The third-order valence-electron chi connectivity index (χ3n) is 2.21. The Hall–Kier alpha value is -1.85. The van der Waals surface area contributed by atoms with Gasteiger partial charge in [-0.1, -0.05) is 11.6 Å². The summed E-state index contributed by atoms with van der Waals surface area (Å²) in [5.41, 5.74) is 3.23. The molecule has 0 saturated carbocycles. The molecule has 0 radical (unpaired) electrons. The maximum Gasteiger partial charge on any atom is 0.165 e. The molecule has 3 N–H and O–H groups in total. The Kier molecular flexibility index (Phi) is 3.41. The zero-order valence-corrected chi connectivity index (χ0v) is 9.90. The summed E-state index contributed by atoms with van der Waals surface area (Å²) < 4.78 is 5.24. The summed E-state index contributed by atoms with van der Waals surface area (Å²) in [5.74, 6) is 6.97. The monoisotopic (exact) mass is 250 g/mol. The van der Waals surface area contributed by atoms with Crippen LogP contribution in [-0.4, -0.2) is 17.1 Å². The molecule has 6 heteroatoms. The minimum atomic E-state index is 0.522. The summed E-state index contributed by atoms with van der Waals surface area (Å²) >= 11 is 5.89. The van der Waals surface area contributed by atoms with E-state index in [1.165, 1.54) is 0 Å². The SMILES string of the molecule is COc1cc(Cl)ccc1-c1nccc(NN)n1. The summed E-state index contributed by atoms with van der Waals surface area (Å²) in [7, 11) is 1.57. The molecule has 17 heavy (non-hydrogen) atoms. The van der Waals surface area contributed by atoms with Crippen LogP contribution in [-0.2, 0) is 0 Å². The van der Waals surface area contributed by atoms with E-state index < -0.39 is 0 Å². The second-order valence-electron chi connectivity index (χ2n) is 3.25. The maximum atomic E-state index is 5.89. The molecule has 0 aliphatic heterocycles. The van der Waals surface area contributed by atoms with E-state index in [1.807, 2.05) is 0 Å². The number of methoxy groups -OCH3 is 1. The number of ether oxygens (including phenoxy) is 1. The molecule has 0 aliphatic rings. The molecule has 1 heterocycles. The summed E-state index contributed by atoms with van der Waals surface area (Å²) in [6, 6.07) is 6.94. The zero-order valence-electron chi connectivity index (χ0n) is 9.14. The minimum Gasteiger partial charge on any atom is -0.496 e. The zero-order chi connectivity index (χ0) is 12.3. The Balaban J connectivity index is 2.51. The summed E-state index contributed by atoms with van der Waals surface area (Å²) in [6.45, 7) is 0. The molecule has 0 amide bonds. The molecule has 88 valence electrons. The van der Waals surface area contributed by atoms with Crippen LogP contribution < -0.4 is 16.0 Å². The number of nitrogens with zero attached hydrogens (tertiary/aromatic N) is 2. The summed E-state index contributed by atoms with van der Waals surface area (Å²) in [5, 5.41) is 0.596. The van der Waals surface area contributed by atoms with Crippen LogP contribution >= 0.6 is 11.6 Å². The van der Waals surface area contributed by atoms with Gasteiger partial charge in [0, 0.05) is 17.3 Å². The van der Waals surface area contributed by atoms with Crippen molar-refractivity contribution in [3.63, 3.8) is 0 Å². The number of hydrogen-bond acceptors (Lipinski definition) is 5. The number of anilines is 1. The van der Waals surface area contributed by atoms with E-state index in [0.717, 1.165) is 5.56 Å². The normalized spacial score (nSPS) is 10.1. The summed E-state index contributed by atoms with van der Waals surface area (Å²) in [4.78, 5) is 8.40. The van der Waals surface area contributed by atoms with E-state index in [-0.39, 0.29) is 0 Å². The quantitative estimate of drug-likeness (QED) is 0.645. The Morgan fingerprint density at radius 1 is 1.35 bits per heavy atom. The van der Waals surface area contributed by atoms with Gasteiger partial charge in [-0.3, -0.25) is 0 Å². The third-order valence-corrected chi connectivity index (χ3v) is 2.44. The lowest BCUT2D eigenvalue weighted by Crippen LogP contribution is -2.09. The van der Waals surface area contributed by atoms with Crippen LogP contribution in [0.15, 0.2) is 30.5 Å². The number of nitrogens with two attached hydrogens (primary N) is 1. The predicted octanol–water partition coefficient (Wildman–Crippen LogP) is 2.09. The lowest BCUT2D eigenvalue weighted by molar-refractivity contribution is 0.416. The highest BCUT2D eigenvalue weighted by atomic mass is 35.5. The lowest BCUT2D eigenvalue weighted by Gasteiger charge is -2.08. The predicted molar refractivity (Wildman–Crippen MR) is 66.8 cm³/mol. The first kappa shape index (κ1) is 11.6. The van der Waals surface area contributed by atoms with Crippen LogP contribution in [0, 0.1) is 0 Å². The van der Waals surface area contributed by atoms with E-state index in [0.29, 0.717) is 22.4 Å². The smallest absolute Gasteiger partial charge is 0.165 e. The number of nitrogen functional groups attached to an aromatic ring is 1. The van der Waals surface area contributed by atoms with Crippen LogP contribution in [0.2, 0.25) is 5.02 Å². The number of hydrazine groups is 1. The van der Waals surface area contributed by atoms with E-state index in [1.54, 1.807) is 37.6 Å². The molecule has 2 aromatic rings. The van der Waals surface area contributed by atoms with E-state index in [9.17, 15) is 0 Å². The Bertz CT molecular complexity index is 533. The molecule has 2 rings (SSSR count). The topological polar surface area (TPSA) is 73.1 Å². The molecule has 1 aromatic carbocycles. The highest BCUT2D eigenvalue weighted by Crippen LogP contribution is 2.30. The molecule has 0 saturated heterocycles. The van der Waals surface area contributed by atoms with E-state index in [2.05, 4.69) is 15.4 Å². The highest BCUT2D eigenvalue weighted by molar-refractivity contribution is 6.30. The molecule has 0 atom stereocenters. The average molecular weight is 251 g/mol. The number of nitrogens with one attached hydrogen (secondary N) is 1. The Morgan fingerprint density at radius 3 is 2.88 bits per heavy atom. The molecule has 0 spiro atoms. The number of aromatic nitrogens is 2. The van der Waals surface area contributed by atoms with Crippen LogP contribution in [0.25, 0.3) is 11.4 Å². The second kappa shape index (κ2) is 4.99. The van der Waals surface area contributed by atoms with Crippen molar-refractivity contribution >= 4 is 17.4 Å². The van der Waals surface area contributed by atoms with Gasteiger partial charge < -0.3 is 10.2 Å². The Labute approximate surface area is 104 Å². The van der Waals surface area contributed by atoms with Crippen molar-refractivity contribution in [1.82, 2.24) is 9.97 Å². The maximum absolute atomic E-state index is 5.89. The second-order valence-corrected chi connectivity index (χ2v) is 3.69. The van der Waals surface area contributed by atoms with Crippen molar-refractivity contribution < 1.29 is 4.74 Å². The third kappa shape index (κ3) is 2.46. The number of rotatable bonds is 3. The fourth-order valence-corrected chi connectivity index (χ4v) is 1.58. The molecular formula is C11H11ClN4O. The first-order valence-corrected chi connectivity index (χ1v) is 5.26. The van der Waals surface area contributed by atoms with Gasteiger partial charge in [0.1, 0.15) is 11.6 Å². The molecule has 0 bridgehead atoms. The molecule has 0 unspecified atom stereocenters. The molecular weight excluding hydrogens is 240 g/mol. The molecule has 0 fully saturated rings. The standard InChI is InChI=1S/C11H11ClN4O/c1-17-9-6-7(12)2-3-8(9)11-14-5-4-10(15-11)16-13/h2-6H,13H2,1H3,(H,14,15,16). The van der Waals surface area contributed by atoms with Gasteiger partial charge in [0.15, 0.2) is 5.82 Å². The van der Waals surface area contributed by atoms with Gasteiger partial charge >= 0.3 is 0 Å². The molecule has 0 aliphatic carbocycles. The van der Waals surface area contributed by atoms with Crippen molar-refractivity contribution in [2.75, 3.05) is 12.5 Å². The van der Waals surface area contributed by atoms with Crippen molar-refractivity contribution in [2.24, 2.45) is 5.84 Å². The van der Waals surface area contributed by atoms with Gasteiger partial charge in [-0.2, -0.15) is 0 Å². The average Bonchev–Trinajstić information content (AvgIpc) is 2.38. The fourth-order valence-electron chi connectivity index (χ4n) is 1.42. The Morgan fingerprint density at radius 2 is 2.18 bits per heavy atom. The van der Waals surface area contributed by atoms with Crippen molar-refractivity contribution in [1.29, 1.82) is 0 Å². The molecule has 5 nitrogen and oxygen atoms in total. The van der Waals surface area contributed by atoms with Crippen LogP contribution in [0.4, 0.5) is 5.82 Å². The largest absolute Gasteiger partial charge is 0.496 e. The first-order valence-electron chi connectivity index (χ1n) is 4.88.